The molecular formula is C21H25N3O3. The Hall–Kier alpha value is -2.44. The first kappa shape index (κ1) is 17.9. The molecule has 1 amide bonds. The maximum Gasteiger partial charge on any atom is 0.231 e. The first-order chi connectivity index (χ1) is 13.2. The summed E-state index contributed by atoms with van der Waals surface area (Å²) in [5, 5.41) is 3.29. The molecule has 0 radical (unpaired) electrons. The number of nitrogens with one attached hydrogen (secondary N) is 1. The van der Waals surface area contributed by atoms with Gasteiger partial charge in [-0.15, -0.1) is 0 Å². The highest BCUT2D eigenvalue weighted by molar-refractivity contribution is 5.85. The van der Waals surface area contributed by atoms with E-state index in [-0.39, 0.29) is 12.0 Å². The van der Waals surface area contributed by atoms with Gasteiger partial charge in [-0.3, -0.25) is 9.78 Å². The number of pyridine rings is 1. The molecule has 0 spiro atoms. The second kappa shape index (κ2) is 7.66. The Morgan fingerprint density at radius 3 is 2.93 bits per heavy atom. The van der Waals surface area contributed by atoms with Gasteiger partial charge in [0.1, 0.15) is 11.9 Å². The summed E-state index contributed by atoms with van der Waals surface area (Å²) >= 11 is 0. The molecule has 142 valence electrons. The number of hydrogen-bond acceptors (Lipinski definition) is 5. The van der Waals surface area contributed by atoms with Gasteiger partial charge in [0.05, 0.1) is 31.4 Å². The number of carbonyl (C=O) groups is 1. The van der Waals surface area contributed by atoms with Gasteiger partial charge >= 0.3 is 0 Å². The maximum absolute atomic E-state index is 13.4. The minimum absolute atomic E-state index is 0.161. The summed E-state index contributed by atoms with van der Waals surface area (Å²) in [4.78, 5) is 19.8. The highest BCUT2D eigenvalue weighted by atomic mass is 16.5. The first-order valence-electron chi connectivity index (χ1n) is 9.36. The van der Waals surface area contributed by atoms with Gasteiger partial charge < -0.3 is 19.7 Å². The number of nitrogens with zero attached hydrogens (tertiary/aromatic N) is 2. The van der Waals surface area contributed by atoms with E-state index >= 15 is 0 Å². The van der Waals surface area contributed by atoms with Gasteiger partial charge in [0.15, 0.2) is 0 Å². The molecule has 6 heteroatoms. The van der Waals surface area contributed by atoms with E-state index in [1.807, 2.05) is 41.3 Å². The fourth-order valence-corrected chi connectivity index (χ4v) is 3.87. The Morgan fingerprint density at radius 1 is 1.33 bits per heavy atom. The Morgan fingerprint density at radius 2 is 2.22 bits per heavy atom. The van der Waals surface area contributed by atoms with E-state index in [1.165, 1.54) is 0 Å². The van der Waals surface area contributed by atoms with Crippen LogP contribution in [0.3, 0.4) is 0 Å². The molecule has 27 heavy (non-hydrogen) atoms. The second-order valence-corrected chi connectivity index (χ2v) is 7.28. The monoisotopic (exact) mass is 367 g/mol. The van der Waals surface area contributed by atoms with Crippen molar-refractivity contribution in [1.29, 1.82) is 0 Å². The first-order valence-corrected chi connectivity index (χ1v) is 9.36. The zero-order valence-corrected chi connectivity index (χ0v) is 15.6. The van der Waals surface area contributed by atoms with Crippen LogP contribution in [0.1, 0.15) is 17.4 Å². The lowest BCUT2D eigenvalue weighted by molar-refractivity contribution is -0.153. The third-order valence-corrected chi connectivity index (χ3v) is 5.43. The average molecular weight is 367 g/mol. The lowest BCUT2D eigenvalue weighted by Crippen LogP contribution is -2.64. The van der Waals surface area contributed by atoms with Gasteiger partial charge in [0.25, 0.3) is 0 Å². The number of rotatable bonds is 5. The van der Waals surface area contributed by atoms with Crippen molar-refractivity contribution in [2.75, 3.05) is 39.9 Å². The highest BCUT2D eigenvalue weighted by Crippen LogP contribution is 2.33. The molecule has 6 nitrogen and oxygen atoms in total. The van der Waals surface area contributed by atoms with Crippen molar-refractivity contribution in [1.82, 2.24) is 15.2 Å². The second-order valence-electron chi connectivity index (χ2n) is 7.28. The van der Waals surface area contributed by atoms with E-state index in [1.54, 1.807) is 13.3 Å². The molecular weight excluding hydrogens is 342 g/mol. The lowest BCUT2D eigenvalue weighted by Gasteiger charge is -2.46. The summed E-state index contributed by atoms with van der Waals surface area (Å²) in [6.07, 6.45) is 2.31. The molecule has 2 aromatic rings. The van der Waals surface area contributed by atoms with Crippen LogP contribution < -0.4 is 10.1 Å². The molecule has 0 saturated carbocycles. The average Bonchev–Trinajstić information content (AvgIpc) is 2.71. The van der Waals surface area contributed by atoms with Crippen molar-refractivity contribution in [2.45, 2.75) is 12.5 Å². The number of methoxy groups -OCH3 is 1. The predicted molar refractivity (Wildman–Crippen MR) is 102 cm³/mol. The zero-order chi connectivity index (χ0) is 18.7. The van der Waals surface area contributed by atoms with E-state index in [0.717, 1.165) is 17.0 Å². The topological polar surface area (TPSA) is 63.7 Å². The Bertz CT molecular complexity index is 792. The van der Waals surface area contributed by atoms with Gasteiger partial charge in [0, 0.05) is 25.8 Å². The third-order valence-electron chi connectivity index (χ3n) is 5.43. The summed E-state index contributed by atoms with van der Waals surface area (Å²) in [6.45, 7) is 3.12. The van der Waals surface area contributed by atoms with Crippen LogP contribution in [0, 0.1) is 5.41 Å². The molecule has 4 rings (SSSR count). The van der Waals surface area contributed by atoms with Crippen LogP contribution in [-0.4, -0.2) is 55.7 Å². The number of ether oxygens (including phenoxy) is 2. The van der Waals surface area contributed by atoms with Gasteiger partial charge in [-0.1, -0.05) is 18.2 Å². The summed E-state index contributed by atoms with van der Waals surface area (Å²) < 4.78 is 11.2. The standard InChI is InChI=1S/C21H25N3O3/c1-26-17-6-4-5-16(11-17)12-21(14-22-15-21)20(25)24-9-10-27-19(13-24)18-7-2-3-8-23-18/h2-8,11,19,22H,9-10,12-15H2,1H3. The number of carbonyl (C=O) groups excluding carboxylic acids is 1. The van der Waals surface area contributed by atoms with Gasteiger partial charge in [-0.2, -0.15) is 0 Å². The van der Waals surface area contributed by atoms with E-state index in [9.17, 15) is 4.79 Å². The molecule has 1 aromatic carbocycles. The lowest BCUT2D eigenvalue weighted by atomic mass is 9.75. The molecule has 1 atom stereocenters. The quantitative estimate of drug-likeness (QED) is 0.873. The molecule has 1 N–H and O–H groups in total. The normalized spacial score (nSPS) is 21.4. The van der Waals surface area contributed by atoms with Crippen LogP contribution in [0.5, 0.6) is 5.75 Å². The van der Waals surface area contributed by atoms with E-state index in [0.29, 0.717) is 39.2 Å². The zero-order valence-electron chi connectivity index (χ0n) is 15.6. The Kier molecular flexibility index (Phi) is 5.09. The van der Waals surface area contributed by atoms with Crippen LogP contribution in [-0.2, 0) is 16.0 Å². The molecule has 2 aliphatic heterocycles. The van der Waals surface area contributed by atoms with Crippen molar-refractivity contribution in [3.05, 3.63) is 59.9 Å². The third kappa shape index (κ3) is 3.68. The molecule has 2 aliphatic rings. The number of hydrogen-bond donors (Lipinski definition) is 1. The van der Waals surface area contributed by atoms with Crippen molar-refractivity contribution >= 4 is 5.91 Å². The van der Waals surface area contributed by atoms with E-state index in [4.69, 9.17) is 9.47 Å². The highest BCUT2D eigenvalue weighted by Gasteiger charge is 2.47. The molecule has 2 fully saturated rings. The van der Waals surface area contributed by atoms with E-state index in [2.05, 4.69) is 16.4 Å². The molecule has 0 aliphatic carbocycles. The smallest absolute Gasteiger partial charge is 0.231 e. The number of benzene rings is 1. The largest absolute Gasteiger partial charge is 0.497 e. The predicted octanol–water partition coefficient (Wildman–Crippen LogP) is 1.82. The molecule has 1 unspecified atom stereocenters. The Labute approximate surface area is 159 Å². The maximum atomic E-state index is 13.4. The fraction of sp³-hybridized carbons (Fsp3) is 0.429. The minimum atomic E-state index is -0.391. The number of amides is 1. The van der Waals surface area contributed by atoms with Crippen molar-refractivity contribution < 1.29 is 14.3 Å². The van der Waals surface area contributed by atoms with Crippen LogP contribution >= 0.6 is 0 Å². The van der Waals surface area contributed by atoms with Gasteiger partial charge in [-0.25, -0.2) is 0 Å². The SMILES string of the molecule is COc1cccc(CC2(C(=O)N3CCOC(c4ccccn4)C3)CNC2)c1. The van der Waals surface area contributed by atoms with E-state index < -0.39 is 5.41 Å². The van der Waals surface area contributed by atoms with Gasteiger partial charge in [-0.05, 0) is 36.2 Å². The van der Waals surface area contributed by atoms with Crippen LogP contribution in [0.4, 0.5) is 0 Å². The minimum Gasteiger partial charge on any atom is -0.497 e. The summed E-state index contributed by atoms with van der Waals surface area (Å²) in [5.74, 6) is 1.03. The molecule has 1 aromatic heterocycles. The van der Waals surface area contributed by atoms with Crippen LogP contribution in [0.25, 0.3) is 0 Å². The molecule has 0 bridgehead atoms. The summed E-state index contributed by atoms with van der Waals surface area (Å²) in [7, 11) is 1.66. The Balaban J connectivity index is 1.49. The number of aromatic nitrogens is 1. The van der Waals surface area contributed by atoms with Crippen molar-refractivity contribution in [3.8, 4) is 5.75 Å². The number of morpholine rings is 1. The van der Waals surface area contributed by atoms with Gasteiger partial charge in [0.2, 0.25) is 5.91 Å². The molecule has 2 saturated heterocycles. The summed E-state index contributed by atoms with van der Waals surface area (Å²) in [5.41, 5.74) is 1.61. The fourth-order valence-electron chi connectivity index (χ4n) is 3.87. The van der Waals surface area contributed by atoms with Crippen LogP contribution in [0.15, 0.2) is 48.7 Å². The summed E-state index contributed by atoms with van der Waals surface area (Å²) in [6, 6.07) is 13.8. The van der Waals surface area contributed by atoms with Crippen LogP contribution in [0.2, 0.25) is 0 Å². The molecule has 3 heterocycles. The van der Waals surface area contributed by atoms with Crippen molar-refractivity contribution in [3.63, 3.8) is 0 Å². The van der Waals surface area contributed by atoms with Crippen molar-refractivity contribution in [2.24, 2.45) is 5.41 Å².